The van der Waals surface area contributed by atoms with Crippen molar-refractivity contribution >= 4 is 5.91 Å². The molecular formula is C16H20FNO4. The highest BCUT2D eigenvalue weighted by molar-refractivity contribution is 5.97. The van der Waals surface area contributed by atoms with E-state index in [1.807, 2.05) is 0 Å². The van der Waals surface area contributed by atoms with Crippen LogP contribution >= 0.6 is 0 Å². The fourth-order valence-electron chi connectivity index (χ4n) is 3.55. The van der Waals surface area contributed by atoms with E-state index in [-0.39, 0.29) is 35.3 Å². The number of benzene rings is 1. The van der Waals surface area contributed by atoms with Crippen molar-refractivity contribution in [3.63, 3.8) is 0 Å². The number of rotatable bonds is 5. The number of carbonyl (C=O) groups excluding carboxylic acids is 1. The van der Waals surface area contributed by atoms with Crippen molar-refractivity contribution in [2.24, 2.45) is 11.8 Å². The van der Waals surface area contributed by atoms with Gasteiger partial charge in [-0.25, -0.2) is 4.39 Å². The second kappa shape index (κ2) is 6.22. The summed E-state index contributed by atoms with van der Waals surface area (Å²) in [5, 5.41) is 2.94. The topological polar surface area (TPSA) is 56.8 Å². The maximum Gasteiger partial charge on any atom is 0.258 e. The smallest absolute Gasteiger partial charge is 0.258 e. The third-order valence-corrected chi connectivity index (χ3v) is 4.61. The van der Waals surface area contributed by atoms with Crippen LogP contribution in [0.15, 0.2) is 18.2 Å². The van der Waals surface area contributed by atoms with Gasteiger partial charge in [-0.2, -0.15) is 0 Å². The van der Waals surface area contributed by atoms with E-state index in [1.54, 1.807) is 13.2 Å². The molecule has 1 aliphatic heterocycles. The molecule has 2 fully saturated rings. The number of fused-ring (bicyclic) bond motifs is 1. The molecule has 5 nitrogen and oxygen atoms in total. The molecule has 1 amide bonds. The van der Waals surface area contributed by atoms with Crippen molar-refractivity contribution in [1.29, 1.82) is 0 Å². The minimum Gasteiger partial charge on any atom is -0.496 e. The Labute approximate surface area is 128 Å². The third kappa shape index (κ3) is 2.46. The molecule has 6 heteroatoms. The summed E-state index contributed by atoms with van der Waals surface area (Å²) in [6.45, 7) is 1.21. The van der Waals surface area contributed by atoms with Crippen molar-refractivity contribution in [3.8, 4) is 5.75 Å². The third-order valence-electron chi connectivity index (χ3n) is 4.61. The molecule has 1 aromatic rings. The highest BCUT2D eigenvalue weighted by Crippen LogP contribution is 2.44. The van der Waals surface area contributed by atoms with E-state index in [4.69, 9.17) is 14.2 Å². The normalized spacial score (nSPS) is 29.6. The fourth-order valence-corrected chi connectivity index (χ4v) is 3.55. The molecule has 0 radical (unpaired) electrons. The number of nitrogens with one attached hydrogen (secondary N) is 1. The molecule has 2 aliphatic rings. The molecule has 0 unspecified atom stereocenters. The van der Waals surface area contributed by atoms with Crippen LogP contribution < -0.4 is 10.1 Å². The van der Waals surface area contributed by atoms with E-state index >= 15 is 0 Å². The van der Waals surface area contributed by atoms with E-state index in [9.17, 15) is 9.18 Å². The molecule has 1 saturated carbocycles. The Balaban J connectivity index is 1.77. The largest absolute Gasteiger partial charge is 0.496 e. The van der Waals surface area contributed by atoms with Crippen LogP contribution in [0.1, 0.15) is 16.8 Å². The zero-order chi connectivity index (χ0) is 15.7. The van der Waals surface area contributed by atoms with Crippen molar-refractivity contribution in [2.75, 3.05) is 27.4 Å². The van der Waals surface area contributed by atoms with E-state index in [2.05, 4.69) is 5.32 Å². The zero-order valence-electron chi connectivity index (χ0n) is 12.7. The number of hydrogen-bond donors (Lipinski definition) is 1. The van der Waals surface area contributed by atoms with E-state index in [0.717, 1.165) is 6.42 Å². The van der Waals surface area contributed by atoms with Gasteiger partial charge >= 0.3 is 0 Å². The summed E-state index contributed by atoms with van der Waals surface area (Å²) in [4.78, 5) is 12.5. The van der Waals surface area contributed by atoms with Crippen molar-refractivity contribution in [2.45, 2.75) is 18.6 Å². The molecule has 22 heavy (non-hydrogen) atoms. The number of amides is 1. The van der Waals surface area contributed by atoms with Crippen molar-refractivity contribution in [3.05, 3.63) is 29.6 Å². The number of ether oxygens (including phenoxy) is 3. The van der Waals surface area contributed by atoms with Gasteiger partial charge in [-0.05, 0) is 18.6 Å². The summed E-state index contributed by atoms with van der Waals surface area (Å²) in [6.07, 6.45) is 1.04. The molecule has 1 heterocycles. The Kier molecular flexibility index (Phi) is 4.31. The Hall–Kier alpha value is -1.66. The lowest BCUT2D eigenvalue weighted by Gasteiger charge is -2.47. The van der Waals surface area contributed by atoms with Gasteiger partial charge in [0.2, 0.25) is 0 Å². The average molecular weight is 309 g/mol. The quantitative estimate of drug-likeness (QED) is 0.898. The van der Waals surface area contributed by atoms with Crippen LogP contribution in [0.2, 0.25) is 0 Å². The predicted molar refractivity (Wildman–Crippen MR) is 77.4 cm³/mol. The SMILES string of the molecule is COC[C@H]1[C@@H](NC(=O)c2c(F)cccc2OC)[C@@H]2CCO[C@@H]21. The van der Waals surface area contributed by atoms with Gasteiger partial charge in [0.25, 0.3) is 5.91 Å². The Bertz CT molecular complexity index is 565. The van der Waals surface area contributed by atoms with Crippen LogP contribution in [0.3, 0.4) is 0 Å². The van der Waals surface area contributed by atoms with Crippen LogP contribution in [0.4, 0.5) is 4.39 Å². The maximum absolute atomic E-state index is 14.0. The van der Waals surface area contributed by atoms with Crippen LogP contribution in [0.5, 0.6) is 5.75 Å². The molecule has 1 saturated heterocycles. The Morgan fingerprint density at radius 2 is 2.27 bits per heavy atom. The molecule has 1 aromatic carbocycles. The van der Waals surface area contributed by atoms with E-state index in [0.29, 0.717) is 13.2 Å². The maximum atomic E-state index is 14.0. The fraction of sp³-hybridized carbons (Fsp3) is 0.562. The molecule has 0 aromatic heterocycles. The molecule has 1 aliphatic carbocycles. The summed E-state index contributed by atoms with van der Waals surface area (Å²) in [5.41, 5.74) is -0.0523. The van der Waals surface area contributed by atoms with Crippen LogP contribution in [0, 0.1) is 17.7 Å². The molecule has 1 N–H and O–H groups in total. The molecule has 4 atom stereocenters. The lowest BCUT2D eigenvalue weighted by molar-refractivity contribution is -0.0810. The van der Waals surface area contributed by atoms with Gasteiger partial charge < -0.3 is 19.5 Å². The van der Waals surface area contributed by atoms with Crippen molar-refractivity contribution in [1.82, 2.24) is 5.32 Å². The second-order valence-electron chi connectivity index (χ2n) is 5.72. The van der Waals surface area contributed by atoms with E-state index < -0.39 is 11.7 Å². The lowest BCUT2D eigenvalue weighted by Crippen LogP contribution is -2.62. The second-order valence-corrected chi connectivity index (χ2v) is 5.72. The summed E-state index contributed by atoms with van der Waals surface area (Å²) in [5.74, 6) is -0.412. The van der Waals surface area contributed by atoms with Gasteiger partial charge in [0.05, 0.1) is 19.8 Å². The predicted octanol–water partition coefficient (Wildman–Crippen LogP) is 1.61. The van der Waals surface area contributed by atoms with Gasteiger partial charge in [-0.1, -0.05) is 6.07 Å². The highest BCUT2D eigenvalue weighted by atomic mass is 19.1. The van der Waals surface area contributed by atoms with Gasteiger partial charge in [0.1, 0.15) is 17.1 Å². The molecule has 0 bridgehead atoms. The standard InChI is InChI=1S/C16H20FNO4/c1-20-8-10-14(9-6-7-22-15(9)10)18-16(19)13-11(17)4-3-5-12(13)21-2/h3-5,9-10,14-15H,6-8H2,1-2H3,(H,18,19)/t9-,10-,14-,15-/m0/s1. The molecule has 0 spiro atoms. The summed E-state index contributed by atoms with van der Waals surface area (Å²) in [6, 6.07) is 4.30. The Morgan fingerprint density at radius 1 is 1.45 bits per heavy atom. The number of methoxy groups -OCH3 is 2. The molecule has 120 valence electrons. The number of halogens is 1. The Morgan fingerprint density at radius 3 is 3.00 bits per heavy atom. The average Bonchev–Trinajstić information content (AvgIpc) is 2.94. The van der Waals surface area contributed by atoms with Gasteiger partial charge in [-0.15, -0.1) is 0 Å². The zero-order valence-corrected chi connectivity index (χ0v) is 12.7. The van der Waals surface area contributed by atoms with Crippen LogP contribution in [-0.2, 0) is 9.47 Å². The minimum absolute atomic E-state index is 0.0516. The number of carbonyl (C=O) groups is 1. The first-order chi connectivity index (χ1) is 10.7. The molecular weight excluding hydrogens is 289 g/mol. The first-order valence-electron chi connectivity index (χ1n) is 7.41. The molecule has 3 rings (SSSR count). The monoisotopic (exact) mass is 309 g/mol. The lowest BCUT2D eigenvalue weighted by atomic mass is 9.67. The number of hydrogen-bond acceptors (Lipinski definition) is 4. The first kappa shape index (κ1) is 15.2. The first-order valence-corrected chi connectivity index (χ1v) is 7.41. The van der Waals surface area contributed by atoms with Gasteiger partial charge in [0.15, 0.2) is 0 Å². The summed E-state index contributed by atoms with van der Waals surface area (Å²) < 4.78 is 30.0. The van der Waals surface area contributed by atoms with Gasteiger partial charge in [-0.3, -0.25) is 4.79 Å². The van der Waals surface area contributed by atoms with Gasteiger partial charge in [0, 0.05) is 31.6 Å². The summed E-state index contributed by atoms with van der Waals surface area (Å²) in [7, 11) is 3.05. The highest BCUT2D eigenvalue weighted by Gasteiger charge is 2.54. The van der Waals surface area contributed by atoms with E-state index in [1.165, 1.54) is 19.2 Å². The summed E-state index contributed by atoms with van der Waals surface area (Å²) >= 11 is 0. The van der Waals surface area contributed by atoms with Crippen molar-refractivity contribution < 1.29 is 23.4 Å². The minimum atomic E-state index is -0.585. The van der Waals surface area contributed by atoms with Crippen LogP contribution in [0.25, 0.3) is 0 Å². The van der Waals surface area contributed by atoms with Crippen LogP contribution in [-0.4, -0.2) is 45.5 Å².